The second-order valence-electron chi connectivity index (χ2n) is 6.04. The number of carbonyl (C=O) groups is 1. The van der Waals surface area contributed by atoms with E-state index >= 15 is 0 Å². The molecule has 0 radical (unpaired) electrons. The highest BCUT2D eigenvalue weighted by Gasteiger charge is 2.29. The summed E-state index contributed by atoms with van der Waals surface area (Å²) in [5.74, 6) is -0.129. The molecule has 1 aromatic heterocycles. The number of hydrogen-bond acceptors (Lipinski definition) is 4. The first-order valence-corrected chi connectivity index (χ1v) is 10.0. The molecule has 7 heteroatoms. The van der Waals surface area contributed by atoms with Gasteiger partial charge < -0.3 is 4.90 Å². The van der Waals surface area contributed by atoms with Crippen molar-refractivity contribution in [3.63, 3.8) is 0 Å². The summed E-state index contributed by atoms with van der Waals surface area (Å²) in [5.41, 5.74) is 1.60. The maximum Gasteiger partial charge on any atom is 0.254 e. The van der Waals surface area contributed by atoms with Gasteiger partial charge in [0.25, 0.3) is 5.91 Å². The number of fused-ring (bicyclic) bond motifs is 1. The minimum absolute atomic E-state index is 0.00149. The van der Waals surface area contributed by atoms with Crippen molar-refractivity contribution in [1.82, 2.24) is 9.21 Å². The van der Waals surface area contributed by atoms with Crippen LogP contribution in [-0.4, -0.2) is 44.2 Å². The molecule has 0 spiro atoms. The summed E-state index contributed by atoms with van der Waals surface area (Å²) in [6.07, 6.45) is 0.846. The normalized spacial score (nSPS) is 17.8. The first-order valence-electron chi connectivity index (χ1n) is 7.72. The van der Waals surface area contributed by atoms with Crippen LogP contribution in [0.25, 0.3) is 0 Å². The van der Waals surface area contributed by atoms with Crippen molar-refractivity contribution >= 4 is 27.3 Å². The van der Waals surface area contributed by atoms with Gasteiger partial charge in [0.1, 0.15) is 0 Å². The standard InChI is InChI=1S/C17H20N2O3S2/c1-12-15-8-10-23-16(15)7-9-19(12)17(20)13-5-4-6-14(11-13)24(21,22)18(2)3/h4-6,8,10-12H,7,9H2,1-3H3/t12-/m0/s1. The molecular formula is C17H20N2O3S2. The number of nitrogens with zero attached hydrogens (tertiary/aromatic N) is 2. The molecule has 0 aliphatic carbocycles. The van der Waals surface area contributed by atoms with Gasteiger partial charge in [-0.3, -0.25) is 4.79 Å². The number of hydrogen-bond donors (Lipinski definition) is 0. The van der Waals surface area contributed by atoms with Crippen molar-refractivity contribution in [2.24, 2.45) is 0 Å². The number of benzene rings is 1. The molecule has 1 amide bonds. The van der Waals surface area contributed by atoms with Crippen LogP contribution in [0.15, 0.2) is 40.6 Å². The average Bonchev–Trinajstić information content (AvgIpc) is 3.04. The molecular weight excluding hydrogens is 344 g/mol. The highest BCUT2D eigenvalue weighted by atomic mass is 32.2. The summed E-state index contributed by atoms with van der Waals surface area (Å²) in [4.78, 5) is 16.2. The third-order valence-electron chi connectivity index (χ3n) is 4.40. The third kappa shape index (κ3) is 2.87. The monoisotopic (exact) mass is 364 g/mol. The number of thiophene rings is 1. The lowest BCUT2D eigenvalue weighted by molar-refractivity contribution is 0.0679. The second-order valence-corrected chi connectivity index (χ2v) is 9.19. The van der Waals surface area contributed by atoms with Crippen molar-refractivity contribution in [3.8, 4) is 0 Å². The van der Waals surface area contributed by atoms with Crippen LogP contribution in [0.3, 0.4) is 0 Å². The van der Waals surface area contributed by atoms with Gasteiger partial charge in [-0.05, 0) is 48.6 Å². The zero-order valence-electron chi connectivity index (χ0n) is 13.9. The zero-order chi connectivity index (χ0) is 17.5. The Hall–Kier alpha value is -1.70. The van der Waals surface area contributed by atoms with Crippen molar-refractivity contribution in [2.75, 3.05) is 20.6 Å². The van der Waals surface area contributed by atoms with E-state index in [2.05, 4.69) is 11.4 Å². The smallest absolute Gasteiger partial charge is 0.254 e. The Labute approximate surface area is 146 Å². The molecule has 0 bridgehead atoms. The SMILES string of the molecule is C[C@H]1c2ccsc2CCN1C(=O)c1cccc(S(=O)(=O)N(C)C)c1. The molecule has 1 aromatic carbocycles. The predicted octanol–water partition coefficient (Wildman–Crippen LogP) is 2.76. The van der Waals surface area contributed by atoms with E-state index in [0.717, 1.165) is 10.7 Å². The average molecular weight is 364 g/mol. The lowest BCUT2D eigenvalue weighted by Gasteiger charge is -2.33. The van der Waals surface area contributed by atoms with Crippen LogP contribution in [0.5, 0.6) is 0 Å². The highest BCUT2D eigenvalue weighted by molar-refractivity contribution is 7.89. The van der Waals surface area contributed by atoms with Crippen molar-refractivity contribution in [1.29, 1.82) is 0 Å². The molecule has 5 nitrogen and oxygen atoms in total. The fourth-order valence-corrected chi connectivity index (χ4v) is 4.86. The molecule has 24 heavy (non-hydrogen) atoms. The van der Waals surface area contributed by atoms with E-state index in [-0.39, 0.29) is 16.8 Å². The van der Waals surface area contributed by atoms with E-state index in [1.165, 1.54) is 36.7 Å². The van der Waals surface area contributed by atoms with Gasteiger partial charge in [-0.1, -0.05) is 6.07 Å². The van der Waals surface area contributed by atoms with E-state index in [9.17, 15) is 13.2 Å². The van der Waals surface area contributed by atoms with Gasteiger partial charge in [0, 0.05) is 31.1 Å². The van der Waals surface area contributed by atoms with E-state index < -0.39 is 10.0 Å². The van der Waals surface area contributed by atoms with E-state index in [1.54, 1.807) is 23.5 Å². The van der Waals surface area contributed by atoms with Gasteiger partial charge in [0.05, 0.1) is 10.9 Å². The maximum absolute atomic E-state index is 12.9. The van der Waals surface area contributed by atoms with Crippen molar-refractivity contribution in [2.45, 2.75) is 24.3 Å². The van der Waals surface area contributed by atoms with E-state index in [1.807, 2.05) is 11.8 Å². The van der Waals surface area contributed by atoms with Gasteiger partial charge in [0.15, 0.2) is 0 Å². The summed E-state index contributed by atoms with van der Waals surface area (Å²) in [6, 6.07) is 8.34. The summed E-state index contributed by atoms with van der Waals surface area (Å²) in [6.45, 7) is 2.67. The topological polar surface area (TPSA) is 57.7 Å². The van der Waals surface area contributed by atoms with Gasteiger partial charge >= 0.3 is 0 Å². The Morgan fingerprint density at radius 3 is 2.75 bits per heavy atom. The Morgan fingerprint density at radius 2 is 2.04 bits per heavy atom. The lowest BCUT2D eigenvalue weighted by atomic mass is 10.0. The second kappa shape index (κ2) is 6.31. The number of rotatable bonds is 3. The summed E-state index contributed by atoms with van der Waals surface area (Å²) in [5, 5.41) is 2.05. The number of amides is 1. The molecule has 1 aliphatic heterocycles. The summed E-state index contributed by atoms with van der Waals surface area (Å²) in [7, 11) is -0.591. The highest BCUT2D eigenvalue weighted by Crippen LogP contribution is 2.33. The Kier molecular flexibility index (Phi) is 4.50. The first kappa shape index (κ1) is 17.1. The van der Waals surface area contributed by atoms with Gasteiger partial charge in [-0.2, -0.15) is 0 Å². The minimum Gasteiger partial charge on any atom is -0.331 e. The molecule has 0 N–H and O–H groups in total. The van der Waals surface area contributed by atoms with Gasteiger partial charge in [-0.25, -0.2) is 12.7 Å². The number of sulfonamides is 1. The fraction of sp³-hybridized carbons (Fsp3) is 0.353. The third-order valence-corrected chi connectivity index (χ3v) is 7.21. The summed E-state index contributed by atoms with van der Waals surface area (Å²) >= 11 is 1.72. The molecule has 3 rings (SSSR count). The van der Waals surface area contributed by atoms with Crippen LogP contribution in [-0.2, 0) is 16.4 Å². The molecule has 0 fully saturated rings. The lowest BCUT2D eigenvalue weighted by Crippen LogP contribution is -2.38. The quantitative estimate of drug-likeness (QED) is 0.841. The number of carbonyl (C=O) groups excluding carboxylic acids is 1. The molecule has 128 valence electrons. The van der Waals surface area contributed by atoms with Crippen molar-refractivity contribution in [3.05, 3.63) is 51.7 Å². The van der Waals surface area contributed by atoms with Crippen LogP contribution in [0.2, 0.25) is 0 Å². The molecule has 1 aliphatic rings. The van der Waals surface area contributed by atoms with Crippen LogP contribution in [0.1, 0.15) is 33.8 Å². The van der Waals surface area contributed by atoms with Crippen LogP contribution in [0, 0.1) is 0 Å². The Morgan fingerprint density at radius 1 is 1.29 bits per heavy atom. The van der Waals surface area contributed by atoms with Crippen LogP contribution in [0.4, 0.5) is 0 Å². The molecule has 2 aromatic rings. The molecule has 0 unspecified atom stereocenters. The maximum atomic E-state index is 12.9. The zero-order valence-corrected chi connectivity index (χ0v) is 15.5. The van der Waals surface area contributed by atoms with E-state index in [4.69, 9.17) is 0 Å². The summed E-state index contributed by atoms with van der Waals surface area (Å²) < 4.78 is 25.7. The van der Waals surface area contributed by atoms with Gasteiger partial charge in [0.2, 0.25) is 10.0 Å². The van der Waals surface area contributed by atoms with Crippen molar-refractivity contribution < 1.29 is 13.2 Å². The largest absolute Gasteiger partial charge is 0.331 e. The van der Waals surface area contributed by atoms with Crippen LogP contribution >= 0.6 is 11.3 Å². The van der Waals surface area contributed by atoms with Gasteiger partial charge in [-0.15, -0.1) is 11.3 Å². The Bertz CT molecular complexity index is 871. The minimum atomic E-state index is -3.55. The first-order chi connectivity index (χ1) is 11.3. The predicted molar refractivity (Wildman–Crippen MR) is 94.8 cm³/mol. The fourth-order valence-electron chi connectivity index (χ4n) is 2.95. The molecule has 1 atom stereocenters. The Balaban J connectivity index is 1.92. The molecule has 0 saturated carbocycles. The molecule has 0 saturated heterocycles. The molecule has 2 heterocycles. The van der Waals surface area contributed by atoms with Crippen LogP contribution < -0.4 is 0 Å². The van der Waals surface area contributed by atoms with E-state index in [0.29, 0.717) is 12.1 Å².